The lowest BCUT2D eigenvalue weighted by molar-refractivity contribution is 0.0816. The summed E-state index contributed by atoms with van der Waals surface area (Å²) in [5.41, 5.74) is 2.59. The van der Waals surface area contributed by atoms with Crippen LogP contribution in [0.2, 0.25) is 0 Å². The van der Waals surface area contributed by atoms with Crippen molar-refractivity contribution in [2.45, 2.75) is 64.3 Å². The van der Waals surface area contributed by atoms with Crippen molar-refractivity contribution in [2.75, 3.05) is 26.2 Å². The molecule has 0 bridgehead atoms. The van der Waals surface area contributed by atoms with E-state index in [1.165, 1.54) is 22.6 Å². The number of nitrogens with zero attached hydrogens (tertiary/aromatic N) is 3. The number of hydrogen-bond acceptors (Lipinski definition) is 7. The van der Waals surface area contributed by atoms with Crippen molar-refractivity contribution in [1.29, 1.82) is 0 Å². The van der Waals surface area contributed by atoms with Crippen LogP contribution in [0.15, 0.2) is 18.2 Å². The third-order valence-electron chi connectivity index (χ3n) is 7.20. The van der Waals surface area contributed by atoms with E-state index in [9.17, 15) is 13.6 Å². The molecule has 3 aromatic rings. The van der Waals surface area contributed by atoms with Gasteiger partial charge in [-0.2, -0.15) is 0 Å². The lowest BCUT2D eigenvalue weighted by Gasteiger charge is -2.30. The molecule has 0 spiro atoms. The van der Waals surface area contributed by atoms with E-state index in [1.807, 2.05) is 25.1 Å². The van der Waals surface area contributed by atoms with Gasteiger partial charge in [0, 0.05) is 36.0 Å². The van der Waals surface area contributed by atoms with Crippen molar-refractivity contribution in [2.24, 2.45) is 5.92 Å². The number of aromatic nitrogens is 2. The topological polar surface area (TPSA) is 67.4 Å². The molecule has 3 heterocycles. The number of thiazole rings is 2. The molecule has 1 N–H and O–H groups in total. The first-order chi connectivity index (χ1) is 17.4. The quantitative estimate of drug-likeness (QED) is 0.414. The van der Waals surface area contributed by atoms with E-state index in [2.05, 4.69) is 20.2 Å². The van der Waals surface area contributed by atoms with E-state index < -0.39 is 13.0 Å². The zero-order chi connectivity index (χ0) is 25.1. The van der Waals surface area contributed by atoms with Crippen molar-refractivity contribution in [3.05, 3.63) is 39.3 Å². The fourth-order valence-corrected chi connectivity index (χ4v) is 6.98. The Hall–Kier alpha value is -2.17. The average Bonchev–Trinajstić information content (AvgIpc) is 3.38. The van der Waals surface area contributed by atoms with Crippen LogP contribution in [0.5, 0.6) is 5.19 Å². The van der Waals surface area contributed by atoms with Crippen LogP contribution < -0.4 is 10.1 Å². The van der Waals surface area contributed by atoms with Gasteiger partial charge in [0.15, 0.2) is 6.61 Å². The SMILES string of the molecule is Cc1nc2cc(C(=O)NC3CCC(CCN4CCc5nc(OCC(F)F)sc5CC4)CC3)ccc2s1. The molecule has 0 atom stereocenters. The van der Waals surface area contributed by atoms with E-state index >= 15 is 0 Å². The van der Waals surface area contributed by atoms with E-state index in [4.69, 9.17) is 4.74 Å². The summed E-state index contributed by atoms with van der Waals surface area (Å²) in [6.07, 6.45) is 4.77. The van der Waals surface area contributed by atoms with Crippen molar-refractivity contribution in [3.8, 4) is 5.19 Å². The molecule has 5 rings (SSSR count). The van der Waals surface area contributed by atoms with E-state index in [0.717, 1.165) is 79.1 Å². The number of alkyl halides is 2. The first-order valence-corrected chi connectivity index (χ1v) is 14.4. The van der Waals surface area contributed by atoms with E-state index in [0.29, 0.717) is 16.7 Å². The Morgan fingerprint density at radius 2 is 1.97 bits per heavy atom. The highest BCUT2D eigenvalue weighted by atomic mass is 32.1. The number of halogens is 2. The molecule has 1 aliphatic carbocycles. The molecule has 1 saturated carbocycles. The maximum atomic E-state index is 12.8. The fourth-order valence-electron chi connectivity index (χ4n) is 5.22. The third-order valence-corrected chi connectivity index (χ3v) is 9.23. The molecule has 0 radical (unpaired) electrons. The summed E-state index contributed by atoms with van der Waals surface area (Å²) >= 11 is 3.06. The van der Waals surface area contributed by atoms with Gasteiger partial charge in [-0.3, -0.25) is 4.79 Å². The predicted octanol–water partition coefficient (Wildman–Crippen LogP) is 5.48. The van der Waals surface area contributed by atoms with E-state index in [-0.39, 0.29) is 11.9 Å². The molecule has 1 aromatic carbocycles. The maximum Gasteiger partial charge on any atom is 0.273 e. The van der Waals surface area contributed by atoms with Gasteiger partial charge >= 0.3 is 0 Å². The zero-order valence-electron chi connectivity index (χ0n) is 20.5. The Bertz CT molecular complexity index is 1160. The van der Waals surface area contributed by atoms with Crippen molar-refractivity contribution in [1.82, 2.24) is 20.2 Å². The summed E-state index contributed by atoms with van der Waals surface area (Å²) in [5, 5.41) is 4.62. The van der Waals surface area contributed by atoms with Gasteiger partial charge in [0.1, 0.15) is 0 Å². The molecule has 2 aromatic heterocycles. The molecule has 6 nitrogen and oxygen atoms in total. The van der Waals surface area contributed by atoms with Gasteiger partial charge in [0.2, 0.25) is 0 Å². The molecular formula is C26H32F2N4O2S2. The minimum absolute atomic E-state index is 0.000546. The number of nitrogens with one attached hydrogen (secondary N) is 1. The van der Waals surface area contributed by atoms with Gasteiger partial charge in [-0.15, -0.1) is 11.3 Å². The molecule has 1 amide bonds. The van der Waals surface area contributed by atoms with Crippen LogP contribution >= 0.6 is 22.7 Å². The first kappa shape index (κ1) is 25.5. The minimum Gasteiger partial charge on any atom is -0.464 e. The lowest BCUT2D eigenvalue weighted by Crippen LogP contribution is -2.38. The number of benzene rings is 1. The number of rotatable bonds is 8. The van der Waals surface area contributed by atoms with Crippen molar-refractivity contribution >= 4 is 38.8 Å². The predicted molar refractivity (Wildman–Crippen MR) is 140 cm³/mol. The molecule has 2 aliphatic rings. The number of hydrogen-bond donors (Lipinski definition) is 1. The van der Waals surface area contributed by atoms with Crippen LogP contribution in [0.3, 0.4) is 0 Å². The largest absolute Gasteiger partial charge is 0.464 e. The summed E-state index contributed by atoms with van der Waals surface area (Å²) in [6, 6.07) is 6.02. The Morgan fingerprint density at radius 1 is 1.17 bits per heavy atom. The van der Waals surface area contributed by atoms with Crippen LogP contribution in [-0.4, -0.2) is 59.5 Å². The first-order valence-electron chi connectivity index (χ1n) is 12.7. The standard InChI is InChI=1S/C26H32F2N4O2S2/c1-16-29-21-14-18(4-7-22(21)35-16)25(33)30-19-5-2-17(3-6-19)8-11-32-12-9-20-23(10-13-32)36-26(31-20)34-15-24(27)28/h4,7,14,17,19,24H,2-3,5-6,8-13,15H2,1H3,(H,30,33). The fraction of sp³-hybridized carbons (Fsp3) is 0.577. The number of carbonyl (C=O) groups is 1. The summed E-state index contributed by atoms with van der Waals surface area (Å²) in [4.78, 5) is 25.4. The monoisotopic (exact) mass is 534 g/mol. The van der Waals surface area contributed by atoms with Crippen molar-refractivity contribution < 1.29 is 18.3 Å². The second kappa shape index (κ2) is 11.5. The van der Waals surface area contributed by atoms with Crippen LogP contribution in [0, 0.1) is 12.8 Å². The highest BCUT2D eigenvalue weighted by molar-refractivity contribution is 7.18. The van der Waals surface area contributed by atoms with Gasteiger partial charge in [-0.25, -0.2) is 18.7 Å². The van der Waals surface area contributed by atoms with Gasteiger partial charge < -0.3 is 15.0 Å². The second-order valence-electron chi connectivity index (χ2n) is 9.79. The third kappa shape index (κ3) is 6.39. The van der Waals surface area contributed by atoms with Crippen molar-refractivity contribution in [3.63, 3.8) is 0 Å². The Balaban J connectivity index is 1.03. The maximum absolute atomic E-state index is 12.8. The smallest absolute Gasteiger partial charge is 0.273 e. The highest BCUT2D eigenvalue weighted by Gasteiger charge is 2.25. The molecule has 0 saturated heterocycles. The minimum atomic E-state index is -2.47. The summed E-state index contributed by atoms with van der Waals surface area (Å²) in [5.74, 6) is 0.691. The number of amides is 1. The van der Waals surface area contributed by atoms with Crippen LogP contribution in [0.25, 0.3) is 10.2 Å². The molecular weight excluding hydrogens is 502 g/mol. The summed E-state index contributed by atoms with van der Waals surface area (Å²) < 4.78 is 31.0. The zero-order valence-corrected chi connectivity index (χ0v) is 22.1. The van der Waals surface area contributed by atoms with Crippen LogP contribution in [0.4, 0.5) is 8.78 Å². The van der Waals surface area contributed by atoms with E-state index in [1.54, 1.807) is 11.3 Å². The summed E-state index contributed by atoms with van der Waals surface area (Å²) in [7, 11) is 0. The number of aryl methyl sites for hydroxylation is 1. The molecule has 36 heavy (non-hydrogen) atoms. The molecule has 10 heteroatoms. The second-order valence-corrected chi connectivity index (χ2v) is 12.1. The molecule has 194 valence electrons. The normalized spacial score (nSPS) is 20.9. The van der Waals surface area contributed by atoms with Crippen LogP contribution in [0.1, 0.15) is 58.0 Å². The average molecular weight is 535 g/mol. The van der Waals surface area contributed by atoms with Crippen LogP contribution in [-0.2, 0) is 12.8 Å². The highest BCUT2D eigenvalue weighted by Crippen LogP contribution is 2.30. The summed E-state index contributed by atoms with van der Waals surface area (Å²) in [6.45, 7) is 4.38. The number of ether oxygens (including phenoxy) is 1. The van der Waals surface area contributed by atoms with Gasteiger partial charge in [-0.05, 0) is 76.1 Å². The Labute approximate surface area is 218 Å². The Morgan fingerprint density at radius 3 is 2.78 bits per heavy atom. The van der Waals surface area contributed by atoms with Gasteiger partial charge in [0.25, 0.3) is 17.5 Å². The Kier molecular flexibility index (Phi) is 8.12. The lowest BCUT2D eigenvalue weighted by atomic mass is 9.84. The molecule has 1 fully saturated rings. The number of carbonyl (C=O) groups excluding carboxylic acids is 1. The van der Waals surface area contributed by atoms with Gasteiger partial charge in [-0.1, -0.05) is 11.3 Å². The number of fused-ring (bicyclic) bond motifs is 2. The van der Waals surface area contributed by atoms with Gasteiger partial charge in [0.05, 0.1) is 20.9 Å². The molecule has 1 aliphatic heterocycles. The molecule has 0 unspecified atom stereocenters.